The van der Waals surface area contributed by atoms with Crippen LogP contribution in [0.2, 0.25) is 10.2 Å². The van der Waals surface area contributed by atoms with Gasteiger partial charge in [0, 0.05) is 24.8 Å². The first-order valence-corrected chi connectivity index (χ1v) is 6.76. The molecule has 0 bridgehead atoms. The molecule has 90 valence electrons. The van der Waals surface area contributed by atoms with E-state index in [1.54, 1.807) is 6.26 Å². The van der Waals surface area contributed by atoms with Gasteiger partial charge in [-0.05, 0) is 11.5 Å². The van der Waals surface area contributed by atoms with Crippen LogP contribution >= 0.6 is 46.8 Å². The van der Waals surface area contributed by atoms with E-state index < -0.39 is 0 Å². The minimum atomic E-state index is -0.331. The Balaban J connectivity index is 2.33. The van der Waals surface area contributed by atoms with Gasteiger partial charge in [0.1, 0.15) is 16.5 Å². The number of hydrogen-bond donors (Lipinski definition) is 1. The summed E-state index contributed by atoms with van der Waals surface area (Å²) in [6, 6.07) is 0. The summed E-state index contributed by atoms with van der Waals surface area (Å²) in [6.45, 7) is 0.558. The zero-order valence-corrected chi connectivity index (χ0v) is 11.3. The van der Waals surface area contributed by atoms with Crippen LogP contribution in [-0.2, 0) is 9.22 Å². The maximum atomic E-state index is 11.5. The second-order valence-corrected chi connectivity index (χ2v) is 4.41. The lowest BCUT2D eigenvalue weighted by Crippen LogP contribution is -2.26. The summed E-state index contributed by atoms with van der Waals surface area (Å²) in [6.07, 6.45) is 1.72. The normalized spacial score (nSPS) is 10.4. The van der Waals surface area contributed by atoms with Crippen molar-refractivity contribution < 1.29 is 14.0 Å². The van der Waals surface area contributed by atoms with Crippen molar-refractivity contribution in [3.05, 3.63) is 15.1 Å². The topological polar surface area (TPSA) is 60.5 Å². The molecule has 0 spiro atoms. The van der Waals surface area contributed by atoms with Gasteiger partial charge in [-0.3, -0.25) is 4.79 Å². The van der Waals surface area contributed by atoms with Crippen molar-refractivity contribution in [1.82, 2.24) is 9.69 Å². The van der Waals surface area contributed by atoms with Crippen LogP contribution in [0.15, 0.2) is 0 Å². The van der Waals surface area contributed by atoms with Crippen molar-refractivity contribution in [3.8, 4) is 0 Å². The summed E-state index contributed by atoms with van der Waals surface area (Å²) < 4.78 is 8.31. The minimum absolute atomic E-state index is 0.138. The van der Waals surface area contributed by atoms with Crippen LogP contribution in [0.5, 0.6) is 0 Å². The monoisotopic (exact) mass is 302 g/mol. The second kappa shape index (κ2) is 7.31. The average molecular weight is 303 g/mol. The highest BCUT2D eigenvalue weighted by molar-refractivity contribution is 7.93. The molecule has 1 amide bonds. The minimum Gasteiger partial charge on any atom is -0.349 e. The predicted molar refractivity (Wildman–Crippen MR) is 65.0 cm³/mol. The Bertz CT molecular complexity index is 361. The highest BCUT2D eigenvalue weighted by Gasteiger charge is 2.16. The van der Waals surface area contributed by atoms with Gasteiger partial charge in [-0.25, -0.2) is 4.89 Å². The summed E-state index contributed by atoms with van der Waals surface area (Å²) in [4.78, 5) is 16.5. The third kappa shape index (κ3) is 4.08. The third-order valence-electron chi connectivity index (χ3n) is 1.39. The van der Waals surface area contributed by atoms with Gasteiger partial charge in [0.15, 0.2) is 5.15 Å². The number of carbonyl (C=O) groups excluding carboxylic acids is 1. The van der Waals surface area contributed by atoms with E-state index >= 15 is 0 Å². The number of halogens is 2. The predicted octanol–water partition coefficient (Wildman–Crippen LogP) is 2.41. The molecule has 1 rings (SSSR count). The molecule has 0 atom stereocenters. The van der Waals surface area contributed by atoms with Gasteiger partial charge in [-0.2, -0.15) is 8.71 Å². The number of hydrogen-bond acceptors (Lipinski definition) is 6. The second-order valence-electron chi connectivity index (χ2n) is 2.43. The van der Waals surface area contributed by atoms with Gasteiger partial charge in [0.2, 0.25) is 0 Å². The Morgan fingerprint density at radius 2 is 2.38 bits per heavy atom. The van der Waals surface area contributed by atoms with E-state index in [2.05, 4.69) is 18.9 Å². The molecule has 0 aliphatic heterocycles. The molecule has 0 unspecified atom stereocenters. The molecule has 1 aromatic heterocycles. The maximum Gasteiger partial charge on any atom is 0.264 e. The third-order valence-corrected chi connectivity index (χ3v) is 3.42. The molecular formula is C7H8Cl2N2O3S2. The lowest BCUT2D eigenvalue weighted by Gasteiger charge is -2.02. The average Bonchev–Trinajstić information content (AvgIpc) is 2.59. The molecular weight excluding hydrogens is 295 g/mol. The zero-order valence-electron chi connectivity index (χ0n) is 8.16. The first-order valence-electron chi connectivity index (χ1n) is 4.08. The molecule has 1 heterocycles. The maximum absolute atomic E-state index is 11.5. The Hall–Kier alpha value is -0.0500. The summed E-state index contributed by atoms with van der Waals surface area (Å²) in [5.74, 6) is -0.331. The van der Waals surface area contributed by atoms with Crippen molar-refractivity contribution in [3.63, 3.8) is 0 Å². The molecule has 0 saturated heterocycles. The van der Waals surface area contributed by atoms with Crippen LogP contribution in [0.1, 0.15) is 9.67 Å². The van der Waals surface area contributed by atoms with Crippen LogP contribution in [-0.4, -0.2) is 29.7 Å². The van der Waals surface area contributed by atoms with E-state index in [1.807, 2.05) is 0 Å². The first kappa shape index (κ1) is 14.0. The van der Waals surface area contributed by atoms with Crippen molar-refractivity contribution in [2.24, 2.45) is 0 Å². The highest BCUT2D eigenvalue weighted by Crippen LogP contribution is 2.28. The summed E-state index contributed by atoms with van der Waals surface area (Å²) >= 11 is 13.4. The molecule has 0 saturated carbocycles. The fraction of sp³-hybridized carbons (Fsp3) is 0.429. The van der Waals surface area contributed by atoms with E-state index in [4.69, 9.17) is 23.2 Å². The van der Waals surface area contributed by atoms with Gasteiger partial charge in [0.05, 0.1) is 0 Å². The van der Waals surface area contributed by atoms with Crippen LogP contribution in [0, 0.1) is 0 Å². The molecule has 0 aliphatic carbocycles. The quantitative estimate of drug-likeness (QED) is 0.378. The molecule has 16 heavy (non-hydrogen) atoms. The fourth-order valence-corrected chi connectivity index (χ4v) is 2.06. The smallest absolute Gasteiger partial charge is 0.264 e. The van der Waals surface area contributed by atoms with Crippen LogP contribution in [0.4, 0.5) is 0 Å². The lowest BCUT2D eigenvalue weighted by molar-refractivity contribution is -0.187. The summed E-state index contributed by atoms with van der Waals surface area (Å²) in [5, 5.41) is 2.90. The van der Waals surface area contributed by atoms with Crippen molar-refractivity contribution in [1.29, 1.82) is 0 Å². The summed E-state index contributed by atoms with van der Waals surface area (Å²) in [5.41, 5.74) is 0. The largest absolute Gasteiger partial charge is 0.349 e. The fourth-order valence-electron chi connectivity index (χ4n) is 0.769. The molecule has 0 aromatic carbocycles. The van der Waals surface area contributed by atoms with Gasteiger partial charge in [-0.1, -0.05) is 23.2 Å². The number of amides is 1. The number of carbonyl (C=O) groups is 1. The van der Waals surface area contributed by atoms with Gasteiger partial charge in [0.25, 0.3) is 5.91 Å². The van der Waals surface area contributed by atoms with E-state index in [-0.39, 0.29) is 27.6 Å². The van der Waals surface area contributed by atoms with Crippen molar-refractivity contribution in [2.75, 3.05) is 19.4 Å². The zero-order chi connectivity index (χ0) is 12.0. The van der Waals surface area contributed by atoms with Crippen LogP contribution in [0.25, 0.3) is 0 Å². The standard InChI is InChI=1S/C7H8Cl2N2O3S2/c1-15-14-13-3-2-10-7(12)5-4(8)6(9)11-16-5/h2-3H2,1H3,(H,10,12). The van der Waals surface area contributed by atoms with Crippen molar-refractivity contribution >= 4 is 52.7 Å². The summed E-state index contributed by atoms with van der Waals surface area (Å²) in [7, 11) is 0. The molecule has 0 aliphatic rings. The Morgan fingerprint density at radius 1 is 1.62 bits per heavy atom. The Labute approximate surface area is 111 Å². The molecule has 0 radical (unpaired) electrons. The molecule has 1 N–H and O–H groups in total. The number of aromatic nitrogens is 1. The Morgan fingerprint density at radius 3 is 2.94 bits per heavy atom. The molecule has 9 heteroatoms. The van der Waals surface area contributed by atoms with Crippen LogP contribution < -0.4 is 5.32 Å². The molecule has 0 fully saturated rings. The van der Waals surface area contributed by atoms with Crippen LogP contribution in [0.3, 0.4) is 0 Å². The number of nitrogens with zero attached hydrogens (tertiary/aromatic N) is 1. The number of rotatable bonds is 6. The van der Waals surface area contributed by atoms with Gasteiger partial charge in [-0.15, -0.1) is 0 Å². The van der Waals surface area contributed by atoms with E-state index in [1.165, 1.54) is 0 Å². The van der Waals surface area contributed by atoms with E-state index in [0.29, 0.717) is 6.54 Å². The van der Waals surface area contributed by atoms with Gasteiger partial charge < -0.3 is 5.32 Å². The SMILES string of the molecule is CSOOCCNC(=O)c1snc(Cl)c1Cl. The highest BCUT2D eigenvalue weighted by atomic mass is 35.5. The number of nitrogens with one attached hydrogen (secondary N) is 1. The molecule has 5 nitrogen and oxygen atoms in total. The van der Waals surface area contributed by atoms with Crippen molar-refractivity contribution in [2.45, 2.75) is 0 Å². The lowest BCUT2D eigenvalue weighted by atomic mass is 10.4. The first-order chi connectivity index (χ1) is 7.66. The van der Waals surface area contributed by atoms with Gasteiger partial charge >= 0.3 is 0 Å². The van der Waals surface area contributed by atoms with E-state index in [0.717, 1.165) is 23.6 Å². The molecule has 1 aromatic rings. The Kier molecular flexibility index (Phi) is 6.40. The van der Waals surface area contributed by atoms with E-state index in [9.17, 15) is 4.79 Å².